The number of hydrogen-bond acceptors (Lipinski definition) is 3. The first-order valence-corrected chi connectivity index (χ1v) is 10.8. The maximum Gasteiger partial charge on any atom is 0.253 e. The van der Waals surface area contributed by atoms with Gasteiger partial charge in [-0.2, -0.15) is 0 Å². The van der Waals surface area contributed by atoms with Crippen LogP contribution in [-0.2, 0) is 11.2 Å². The summed E-state index contributed by atoms with van der Waals surface area (Å²) in [5.41, 5.74) is 3.96. The van der Waals surface area contributed by atoms with Crippen molar-refractivity contribution in [2.75, 3.05) is 26.2 Å². The number of pyridine rings is 1. The highest BCUT2D eigenvalue weighted by atomic mass is 16.2. The molecule has 31 heavy (non-hydrogen) atoms. The van der Waals surface area contributed by atoms with Gasteiger partial charge in [-0.25, -0.2) is 0 Å². The Bertz CT molecular complexity index is 1040. The highest BCUT2D eigenvalue weighted by Gasteiger charge is 2.32. The summed E-state index contributed by atoms with van der Waals surface area (Å²) in [5.74, 6) is -0.148. The molecule has 0 bridgehead atoms. The second-order valence-corrected chi connectivity index (χ2v) is 7.87. The summed E-state index contributed by atoms with van der Waals surface area (Å²) in [4.78, 5) is 34.1. The SMILES string of the molecule is CCN1CCN(C(=O)c2ccccc2)CC(Cc2cccc(-c3ccncc3)c2)C1=O. The van der Waals surface area contributed by atoms with Crippen LogP contribution in [0, 0.1) is 5.92 Å². The van der Waals surface area contributed by atoms with Gasteiger partial charge < -0.3 is 9.80 Å². The van der Waals surface area contributed by atoms with Crippen LogP contribution in [0.15, 0.2) is 79.1 Å². The molecule has 158 valence electrons. The fourth-order valence-electron chi connectivity index (χ4n) is 4.17. The average molecular weight is 414 g/mol. The van der Waals surface area contributed by atoms with Crippen LogP contribution in [0.25, 0.3) is 11.1 Å². The van der Waals surface area contributed by atoms with E-state index in [4.69, 9.17) is 0 Å². The molecule has 0 aliphatic carbocycles. The van der Waals surface area contributed by atoms with Gasteiger partial charge >= 0.3 is 0 Å². The summed E-state index contributed by atoms with van der Waals surface area (Å²) in [5, 5.41) is 0. The van der Waals surface area contributed by atoms with E-state index in [9.17, 15) is 9.59 Å². The van der Waals surface area contributed by atoms with Gasteiger partial charge in [0.1, 0.15) is 0 Å². The van der Waals surface area contributed by atoms with E-state index in [0.29, 0.717) is 38.2 Å². The summed E-state index contributed by atoms with van der Waals surface area (Å²) in [6.45, 7) is 4.21. The van der Waals surface area contributed by atoms with Crippen LogP contribution in [-0.4, -0.2) is 52.8 Å². The molecule has 1 aromatic heterocycles. The third kappa shape index (κ3) is 4.82. The molecular weight excluding hydrogens is 386 g/mol. The van der Waals surface area contributed by atoms with Gasteiger partial charge in [0.05, 0.1) is 5.92 Å². The van der Waals surface area contributed by atoms with Gasteiger partial charge in [-0.05, 0) is 54.3 Å². The number of amides is 2. The van der Waals surface area contributed by atoms with Gasteiger partial charge in [0, 0.05) is 44.1 Å². The Kier molecular flexibility index (Phi) is 6.41. The number of aromatic nitrogens is 1. The van der Waals surface area contributed by atoms with E-state index in [-0.39, 0.29) is 17.7 Å². The topological polar surface area (TPSA) is 53.5 Å². The van der Waals surface area contributed by atoms with Crippen LogP contribution < -0.4 is 0 Å². The molecule has 0 N–H and O–H groups in total. The van der Waals surface area contributed by atoms with E-state index >= 15 is 0 Å². The van der Waals surface area contributed by atoms with Gasteiger partial charge in [-0.1, -0.05) is 42.5 Å². The Morgan fingerprint density at radius 1 is 0.968 bits per heavy atom. The molecule has 5 nitrogen and oxygen atoms in total. The maximum atomic E-state index is 13.2. The van der Waals surface area contributed by atoms with Crippen LogP contribution in [0.2, 0.25) is 0 Å². The highest BCUT2D eigenvalue weighted by molar-refractivity contribution is 5.94. The zero-order valence-corrected chi connectivity index (χ0v) is 17.8. The van der Waals surface area contributed by atoms with Crippen molar-refractivity contribution in [3.05, 3.63) is 90.3 Å². The molecule has 0 spiro atoms. The molecule has 1 unspecified atom stereocenters. The first kappa shape index (κ1) is 20.8. The molecule has 4 rings (SSSR count). The van der Waals surface area contributed by atoms with Crippen LogP contribution in [0.5, 0.6) is 0 Å². The lowest BCUT2D eigenvalue weighted by Gasteiger charge is -2.24. The number of benzene rings is 2. The summed E-state index contributed by atoms with van der Waals surface area (Å²) >= 11 is 0. The van der Waals surface area contributed by atoms with E-state index in [1.807, 2.05) is 65.3 Å². The minimum Gasteiger partial charge on any atom is -0.341 e. The molecule has 1 saturated heterocycles. The smallest absolute Gasteiger partial charge is 0.253 e. The third-order valence-corrected chi connectivity index (χ3v) is 5.85. The zero-order valence-electron chi connectivity index (χ0n) is 17.8. The summed E-state index contributed by atoms with van der Waals surface area (Å²) in [7, 11) is 0. The van der Waals surface area contributed by atoms with Gasteiger partial charge in [0.25, 0.3) is 5.91 Å². The standard InChI is InChI=1S/C26H27N3O2/c1-2-28-15-16-29(25(30)22-8-4-3-5-9-22)19-24(26(28)31)18-20-7-6-10-23(17-20)21-11-13-27-14-12-21/h3-14,17,24H,2,15-16,18-19H2,1H3. The molecule has 2 heterocycles. The second-order valence-electron chi connectivity index (χ2n) is 7.87. The van der Waals surface area contributed by atoms with E-state index in [2.05, 4.69) is 23.2 Å². The number of rotatable bonds is 5. The van der Waals surface area contributed by atoms with Crippen LogP contribution in [0.1, 0.15) is 22.8 Å². The predicted molar refractivity (Wildman–Crippen MR) is 121 cm³/mol. The predicted octanol–water partition coefficient (Wildman–Crippen LogP) is 3.91. The number of likely N-dealkylation sites (N-methyl/N-ethyl adjacent to an activating group) is 1. The van der Waals surface area contributed by atoms with Crippen molar-refractivity contribution in [1.29, 1.82) is 0 Å². The molecule has 1 fully saturated rings. The summed E-state index contributed by atoms with van der Waals surface area (Å²) < 4.78 is 0. The van der Waals surface area contributed by atoms with Crippen LogP contribution >= 0.6 is 0 Å². The van der Waals surface area contributed by atoms with Crippen molar-refractivity contribution in [1.82, 2.24) is 14.8 Å². The fourth-order valence-corrected chi connectivity index (χ4v) is 4.17. The van der Waals surface area contributed by atoms with Gasteiger partial charge in [0.15, 0.2) is 0 Å². The maximum absolute atomic E-state index is 13.2. The van der Waals surface area contributed by atoms with E-state index in [1.54, 1.807) is 12.4 Å². The zero-order chi connectivity index (χ0) is 21.6. The average Bonchev–Trinajstić information content (AvgIpc) is 2.98. The van der Waals surface area contributed by atoms with Crippen molar-refractivity contribution in [3.63, 3.8) is 0 Å². The van der Waals surface area contributed by atoms with Gasteiger partial charge in [-0.15, -0.1) is 0 Å². The quantitative estimate of drug-likeness (QED) is 0.637. The van der Waals surface area contributed by atoms with Crippen molar-refractivity contribution in [2.45, 2.75) is 13.3 Å². The number of nitrogens with zero attached hydrogens (tertiary/aromatic N) is 3. The minimum atomic E-state index is -0.261. The van der Waals surface area contributed by atoms with Crippen LogP contribution in [0.3, 0.4) is 0 Å². The Balaban J connectivity index is 1.57. The first-order valence-electron chi connectivity index (χ1n) is 10.8. The highest BCUT2D eigenvalue weighted by Crippen LogP contribution is 2.23. The largest absolute Gasteiger partial charge is 0.341 e. The van der Waals surface area contributed by atoms with Crippen LogP contribution in [0.4, 0.5) is 0 Å². The molecule has 3 aromatic rings. The second kappa shape index (κ2) is 9.56. The Morgan fingerprint density at radius 3 is 2.48 bits per heavy atom. The van der Waals surface area contributed by atoms with E-state index < -0.39 is 0 Å². The van der Waals surface area contributed by atoms with Crippen molar-refractivity contribution < 1.29 is 9.59 Å². The molecule has 2 aromatic carbocycles. The minimum absolute atomic E-state index is 0.0121. The molecule has 1 aliphatic rings. The number of hydrogen-bond donors (Lipinski definition) is 0. The molecular formula is C26H27N3O2. The lowest BCUT2D eigenvalue weighted by Crippen LogP contribution is -2.37. The lowest BCUT2D eigenvalue weighted by atomic mass is 9.95. The Morgan fingerprint density at radius 2 is 1.74 bits per heavy atom. The monoisotopic (exact) mass is 413 g/mol. The fraction of sp³-hybridized carbons (Fsp3) is 0.269. The molecule has 0 saturated carbocycles. The third-order valence-electron chi connectivity index (χ3n) is 5.85. The van der Waals surface area contributed by atoms with E-state index in [1.165, 1.54) is 0 Å². The molecule has 5 heteroatoms. The van der Waals surface area contributed by atoms with Crippen molar-refractivity contribution >= 4 is 11.8 Å². The molecule has 2 amide bonds. The first-order chi connectivity index (χ1) is 15.2. The Hall–Kier alpha value is -3.47. The molecule has 1 aliphatic heterocycles. The summed E-state index contributed by atoms with van der Waals surface area (Å²) in [6, 6.07) is 21.6. The molecule has 1 atom stereocenters. The van der Waals surface area contributed by atoms with Gasteiger partial charge in [-0.3, -0.25) is 14.6 Å². The number of carbonyl (C=O) groups is 2. The Labute approximate surface area is 183 Å². The lowest BCUT2D eigenvalue weighted by molar-refractivity contribution is -0.134. The van der Waals surface area contributed by atoms with E-state index in [0.717, 1.165) is 16.7 Å². The van der Waals surface area contributed by atoms with Crippen molar-refractivity contribution in [2.24, 2.45) is 5.92 Å². The number of carbonyl (C=O) groups excluding carboxylic acids is 2. The van der Waals surface area contributed by atoms with Crippen molar-refractivity contribution in [3.8, 4) is 11.1 Å². The normalized spacial score (nSPS) is 16.8. The molecule has 0 radical (unpaired) electrons. The van der Waals surface area contributed by atoms with Gasteiger partial charge in [0.2, 0.25) is 5.91 Å². The summed E-state index contributed by atoms with van der Waals surface area (Å²) in [6.07, 6.45) is 4.17.